The Balaban J connectivity index is 2.24. The first-order chi connectivity index (χ1) is 11.8. The second-order valence-corrected chi connectivity index (χ2v) is 5.47. The zero-order chi connectivity index (χ0) is 16.8. The molecule has 2 N–H and O–H groups in total. The van der Waals surface area contributed by atoms with E-state index in [-0.39, 0.29) is 13.2 Å². The topological polar surface area (TPSA) is 69.7 Å². The number of aromatic nitrogens is 1. The number of anilines is 1. The number of rotatable bonds is 7. The SMILES string of the molecule is OCCN(c1cocn1)C(CO)(c1ccccc1)c1ccccc1. The van der Waals surface area contributed by atoms with Crippen LogP contribution in [0.5, 0.6) is 0 Å². The molecule has 0 spiro atoms. The van der Waals surface area contributed by atoms with E-state index in [1.54, 1.807) is 0 Å². The summed E-state index contributed by atoms with van der Waals surface area (Å²) in [7, 11) is 0. The summed E-state index contributed by atoms with van der Waals surface area (Å²) >= 11 is 0. The lowest BCUT2D eigenvalue weighted by Gasteiger charge is -2.43. The molecule has 2 aromatic carbocycles. The van der Waals surface area contributed by atoms with E-state index >= 15 is 0 Å². The van der Waals surface area contributed by atoms with Gasteiger partial charge < -0.3 is 19.5 Å². The monoisotopic (exact) mass is 324 g/mol. The third kappa shape index (κ3) is 2.79. The molecule has 3 rings (SSSR count). The van der Waals surface area contributed by atoms with E-state index < -0.39 is 5.54 Å². The predicted molar refractivity (Wildman–Crippen MR) is 91.7 cm³/mol. The summed E-state index contributed by atoms with van der Waals surface area (Å²) in [5.41, 5.74) is 0.951. The summed E-state index contributed by atoms with van der Waals surface area (Å²) < 4.78 is 5.14. The van der Waals surface area contributed by atoms with E-state index in [0.29, 0.717) is 12.4 Å². The maximum atomic E-state index is 10.5. The van der Waals surface area contributed by atoms with Crippen LogP contribution < -0.4 is 4.90 Å². The summed E-state index contributed by atoms with van der Waals surface area (Å²) in [5.74, 6) is 0.561. The summed E-state index contributed by atoms with van der Waals surface area (Å²) in [6.45, 7) is 0.0546. The third-order valence-corrected chi connectivity index (χ3v) is 4.21. The lowest BCUT2D eigenvalue weighted by atomic mass is 9.81. The molecule has 5 nitrogen and oxygen atoms in total. The van der Waals surface area contributed by atoms with Crippen LogP contribution in [0.2, 0.25) is 0 Å². The average molecular weight is 324 g/mol. The molecule has 0 radical (unpaired) electrons. The number of oxazole rings is 1. The average Bonchev–Trinajstić information content (AvgIpc) is 3.18. The highest BCUT2D eigenvalue weighted by Gasteiger charge is 2.41. The number of aliphatic hydroxyl groups is 2. The minimum absolute atomic E-state index is 0.0751. The lowest BCUT2D eigenvalue weighted by Crippen LogP contribution is -2.51. The molecule has 5 heteroatoms. The fraction of sp³-hybridized carbons (Fsp3) is 0.211. The van der Waals surface area contributed by atoms with Crippen LogP contribution in [0.15, 0.2) is 77.7 Å². The summed E-state index contributed by atoms with van der Waals surface area (Å²) in [6, 6.07) is 19.5. The molecule has 0 unspecified atom stereocenters. The first kappa shape index (κ1) is 16.2. The Hall–Kier alpha value is -2.63. The number of aliphatic hydroxyl groups excluding tert-OH is 2. The molecule has 0 aliphatic carbocycles. The van der Waals surface area contributed by atoms with Crippen molar-refractivity contribution in [3.8, 4) is 0 Å². The van der Waals surface area contributed by atoms with Gasteiger partial charge in [0.05, 0.1) is 13.2 Å². The summed E-state index contributed by atoms with van der Waals surface area (Å²) in [6.07, 6.45) is 2.86. The van der Waals surface area contributed by atoms with Crippen molar-refractivity contribution in [2.75, 3.05) is 24.7 Å². The number of hydrogen-bond acceptors (Lipinski definition) is 5. The van der Waals surface area contributed by atoms with Crippen LogP contribution in [0.3, 0.4) is 0 Å². The zero-order valence-electron chi connectivity index (χ0n) is 13.2. The van der Waals surface area contributed by atoms with Crippen molar-refractivity contribution in [1.82, 2.24) is 4.98 Å². The van der Waals surface area contributed by atoms with Crippen molar-refractivity contribution in [3.63, 3.8) is 0 Å². The van der Waals surface area contributed by atoms with Gasteiger partial charge in [-0.25, -0.2) is 0 Å². The molecule has 0 aliphatic heterocycles. The highest BCUT2D eigenvalue weighted by atomic mass is 16.3. The van der Waals surface area contributed by atoms with E-state index in [1.165, 1.54) is 12.7 Å². The van der Waals surface area contributed by atoms with Gasteiger partial charge in [0.25, 0.3) is 0 Å². The quantitative estimate of drug-likeness (QED) is 0.698. The number of benzene rings is 2. The normalized spacial score (nSPS) is 11.4. The minimum atomic E-state index is -0.873. The minimum Gasteiger partial charge on any atom is -0.449 e. The Morgan fingerprint density at radius 1 is 0.917 bits per heavy atom. The molecule has 24 heavy (non-hydrogen) atoms. The third-order valence-electron chi connectivity index (χ3n) is 4.21. The highest BCUT2D eigenvalue weighted by Crippen LogP contribution is 2.38. The van der Waals surface area contributed by atoms with Crippen molar-refractivity contribution in [3.05, 3.63) is 84.4 Å². The maximum Gasteiger partial charge on any atom is 0.182 e. The standard InChI is InChI=1S/C19H20N2O3/c22-12-11-21(18-13-24-15-20-18)19(14-23,16-7-3-1-4-8-16)17-9-5-2-6-10-17/h1-10,13,15,22-23H,11-12,14H2. The van der Waals surface area contributed by atoms with Crippen LogP contribution in [-0.4, -0.2) is 35.0 Å². The molecular weight excluding hydrogens is 304 g/mol. The molecular formula is C19H20N2O3. The van der Waals surface area contributed by atoms with E-state index in [4.69, 9.17) is 4.42 Å². The molecule has 0 bridgehead atoms. The second kappa shape index (κ2) is 7.29. The zero-order valence-corrected chi connectivity index (χ0v) is 13.2. The van der Waals surface area contributed by atoms with E-state index in [1.807, 2.05) is 65.6 Å². The molecule has 1 heterocycles. The van der Waals surface area contributed by atoms with Crippen molar-refractivity contribution in [2.24, 2.45) is 0 Å². The molecule has 0 saturated carbocycles. The van der Waals surface area contributed by atoms with Crippen molar-refractivity contribution < 1.29 is 14.6 Å². The lowest BCUT2D eigenvalue weighted by molar-refractivity contribution is 0.203. The van der Waals surface area contributed by atoms with Gasteiger partial charge in [-0.05, 0) is 11.1 Å². The van der Waals surface area contributed by atoms with Gasteiger partial charge in [0.15, 0.2) is 12.2 Å². The Morgan fingerprint density at radius 2 is 1.50 bits per heavy atom. The van der Waals surface area contributed by atoms with E-state index in [0.717, 1.165) is 11.1 Å². The summed E-state index contributed by atoms with van der Waals surface area (Å²) in [4.78, 5) is 6.11. The molecule has 124 valence electrons. The van der Waals surface area contributed by atoms with Crippen LogP contribution in [0, 0.1) is 0 Å². The number of hydrogen-bond donors (Lipinski definition) is 2. The van der Waals surface area contributed by atoms with Gasteiger partial charge in [-0.15, -0.1) is 0 Å². The molecule has 0 amide bonds. The van der Waals surface area contributed by atoms with Gasteiger partial charge in [0, 0.05) is 6.54 Å². The fourth-order valence-corrected chi connectivity index (χ4v) is 3.11. The molecule has 3 aromatic rings. The van der Waals surface area contributed by atoms with Gasteiger partial charge in [-0.3, -0.25) is 0 Å². The van der Waals surface area contributed by atoms with Crippen LogP contribution in [0.1, 0.15) is 11.1 Å². The molecule has 0 saturated heterocycles. The Labute approximate surface area is 140 Å². The van der Waals surface area contributed by atoms with Crippen LogP contribution in [0.4, 0.5) is 5.82 Å². The van der Waals surface area contributed by atoms with E-state index in [2.05, 4.69) is 4.98 Å². The van der Waals surface area contributed by atoms with Gasteiger partial charge >= 0.3 is 0 Å². The smallest absolute Gasteiger partial charge is 0.182 e. The van der Waals surface area contributed by atoms with Gasteiger partial charge in [0.1, 0.15) is 11.8 Å². The van der Waals surface area contributed by atoms with Gasteiger partial charge in [-0.2, -0.15) is 4.98 Å². The van der Waals surface area contributed by atoms with Crippen molar-refractivity contribution >= 4 is 5.82 Å². The maximum absolute atomic E-state index is 10.5. The predicted octanol–water partition coefficient (Wildman–Crippen LogP) is 2.41. The van der Waals surface area contributed by atoms with Crippen LogP contribution in [-0.2, 0) is 5.54 Å². The van der Waals surface area contributed by atoms with Crippen LogP contribution in [0.25, 0.3) is 0 Å². The Kier molecular flexibility index (Phi) is 4.93. The first-order valence-corrected chi connectivity index (χ1v) is 7.81. The molecule has 1 aromatic heterocycles. The van der Waals surface area contributed by atoms with Crippen LogP contribution >= 0.6 is 0 Å². The Bertz CT molecular complexity index is 690. The van der Waals surface area contributed by atoms with Gasteiger partial charge in [-0.1, -0.05) is 60.7 Å². The summed E-state index contributed by atoms with van der Waals surface area (Å²) in [5, 5.41) is 20.1. The van der Waals surface area contributed by atoms with Crippen molar-refractivity contribution in [2.45, 2.75) is 5.54 Å². The highest BCUT2D eigenvalue weighted by molar-refractivity contribution is 5.52. The van der Waals surface area contributed by atoms with Gasteiger partial charge in [0.2, 0.25) is 0 Å². The first-order valence-electron chi connectivity index (χ1n) is 7.81. The van der Waals surface area contributed by atoms with Crippen molar-refractivity contribution in [1.29, 1.82) is 0 Å². The molecule has 0 atom stereocenters. The Morgan fingerprint density at radius 3 is 1.92 bits per heavy atom. The molecule has 0 fully saturated rings. The number of nitrogens with zero attached hydrogens (tertiary/aromatic N) is 2. The largest absolute Gasteiger partial charge is 0.449 e. The molecule has 0 aliphatic rings. The fourth-order valence-electron chi connectivity index (χ4n) is 3.11. The second-order valence-electron chi connectivity index (χ2n) is 5.47. The van der Waals surface area contributed by atoms with E-state index in [9.17, 15) is 10.2 Å².